The van der Waals surface area contributed by atoms with Crippen LogP contribution in [0.2, 0.25) is 0 Å². The predicted molar refractivity (Wildman–Crippen MR) is 114 cm³/mol. The van der Waals surface area contributed by atoms with Crippen molar-refractivity contribution in [3.8, 4) is 5.75 Å². The number of benzene rings is 2. The number of aryl methyl sites for hydroxylation is 2. The maximum absolute atomic E-state index is 13.6. The molecule has 0 saturated carbocycles. The van der Waals surface area contributed by atoms with E-state index in [4.69, 9.17) is 14.2 Å². The van der Waals surface area contributed by atoms with Gasteiger partial charge in [0.2, 0.25) is 0 Å². The quantitative estimate of drug-likeness (QED) is 0.293. The van der Waals surface area contributed by atoms with Crippen LogP contribution < -0.4 is 4.74 Å². The second kappa shape index (κ2) is 10.6. The first-order valence-corrected chi connectivity index (χ1v) is 11.1. The zero-order valence-electron chi connectivity index (χ0n) is 19.1. The highest BCUT2D eigenvalue weighted by molar-refractivity contribution is 5.39. The zero-order valence-corrected chi connectivity index (χ0v) is 19.1. The molecule has 0 bridgehead atoms. The molecule has 0 atom stereocenters. The van der Waals surface area contributed by atoms with Crippen molar-refractivity contribution in [1.29, 1.82) is 0 Å². The van der Waals surface area contributed by atoms with E-state index in [1.54, 1.807) is 6.07 Å². The van der Waals surface area contributed by atoms with E-state index in [-0.39, 0.29) is 36.7 Å². The molecule has 34 heavy (non-hydrogen) atoms. The molecule has 0 unspecified atom stereocenters. The molecule has 1 fully saturated rings. The summed E-state index contributed by atoms with van der Waals surface area (Å²) in [5, 5.41) is 0. The summed E-state index contributed by atoms with van der Waals surface area (Å²) in [6.45, 7) is 4.45. The fourth-order valence-electron chi connectivity index (χ4n) is 3.80. The third kappa shape index (κ3) is 7.37. The number of ether oxygens (including phenoxy) is 3. The van der Waals surface area contributed by atoms with Crippen LogP contribution in [-0.4, -0.2) is 25.6 Å². The molecule has 0 radical (unpaired) electrons. The van der Waals surface area contributed by atoms with Crippen molar-refractivity contribution in [3.05, 3.63) is 64.7 Å². The molecule has 0 spiro atoms. The van der Waals surface area contributed by atoms with Gasteiger partial charge in [0.05, 0.1) is 30.9 Å². The van der Waals surface area contributed by atoms with Crippen molar-refractivity contribution >= 4 is 0 Å². The lowest BCUT2D eigenvalue weighted by molar-refractivity contribution is -0.262. The van der Waals surface area contributed by atoms with E-state index in [2.05, 4.69) is 0 Å². The van der Waals surface area contributed by atoms with Crippen molar-refractivity contribution in [2.45, 2.75) is 57.7 Å². The lowest BCUT2D eigenvalue weighted by Gasteiger charge is -2.35. The Kier molecular flexibility index (Phi) is 8.18. The zero-order chi connectivity index (χ0) is 25.0. The minimum absolute atomic E-state index is 0.0391. The van der Waals surface area contributed by atoms with Crippen LogP contribution in [0.1, 0.15) is 48.9 Å². The van der Waals surface area contributed by atoms with Crippen molar-refractivity contribution in [3.63, 3.8) is 0 Å². The van der Waals surface area contributed by atoms with Crippen LogP contribution in [0.15, 0.2) is 42.5 Å². The van der Waals surface area contributed by atoms with E-state index in [0.717, 1.165) is 12.1 Å². The fourth-order valence-corrected chi connectivity index (χ4v) is 3.80. The van der Waals surface area contributed by atoms with E-state index in [9.17, 15) is 26.3 Å². The summed E-state index contributed by atoms with van der Waals surface area (Å²) in [6.07, 6.45) is -7.87. The molecule has 3 rings (SSSR count). The summed E-state index contributed by atoms with van der Waals surface area (Å²) in [5.74, 6) is -0.877. The van der Waals surface area contributed by atoms with E-state index < -0.39 is 29.3 Å². The van der Waals surface area contributed by atoms with Gasteiger partial charge in [0.25, 0.3) is 0 Å². The Bertz CT molecular complexity index is 942. The number of hydrogen-bond acceptors (Lipinski definition) is 3. The Labute approximate surface area is 195 Å². The van der Waals surface area contributed by atoms with Gasteiger partial charge in [-0.3, -0.25) is 0 Å². The smallest absolute Gasteiger partial charge is 0.419 e. The molecular formula is C25H28F6O3. The summed E-state index contributed by atoms with van der Waals surface area (Å²) >= 11 is 0. The fraction of sp³-hybridized carbons (Fsp3) is 0.520. The number of alkyl halides is 6. The molecule has 1 saturated heterocycles. The minimum Gasteiger partial charge on any atom is -0.493 e. The number of hydrogen-bond donors (Lipinski definition) is 0. The van der Waals surface area contributed by atoms with Gasteiger partial charge in [-0.2, -0.15) is 26.3 Å². The highest BCUT2D eigenvalue weighted by atomic mass is 19.4. The average molecular weight is 490 g/mol. The molecule has 3 nitrogen and oxygen atoms in total. The third-order valence-corrected chi connectivity index (χ3v) is 5.69. The summed E-state index contributed by atoms with van der Waals surface area (Å²) < 4.78 is 96.7. The Morgan fingerprint density at radius 3 is 2.18 bits per heavy atom. The van der Waals surface area contributed by atoms with Crippen LogP contribution in [-0.2, 0) is 34.7 Å². The van der Waals surface area contributed by atoms with Crippen LogP contribution in [0.5, 0.6) is 5.75 Å². The average Bonchev–Trinajstić information content (AvgIpc) is 2.75. The van der Waals surface area contributed by atoms with Crippen molar-refractivity contribution in [2.75, 3.05) is 19.8 Å². The summed E-state index contributed by atoms with van der Waals surface area (Å²) in [5.41, 5.74) is -1.03. The molecule has 188 valence electrons. The highest BCUT2D eigenvalue weighted by Gasteiger charge is 2.35. The van der Waals surface area contributed by atoms with Gasteiger partial charge in [-0.25, -0.2) is 0 Å². The van der Waals surface area contributed by atoms with Gasteiger partial charge in [-0.1, -0.05) is 24.3 Å². The molecule has 2 aromatic carbocycles. The number of halogens is 6. The summed E-state index contributed by atoms with van der Waals surface area (Å²) in [4.78, 5) is 0. The SMILES string of the molecule is CC1(C)OCC(CCc2ccc(OCCCc3ccccc3C(F)(F)F)c(C(F)(F)F)c2)CO1. The molecule has 0 aromatic heterocycles. The molecular weight excluding hydrogens is 462 g/mol. The monoisotopic (exact) mass is 490 g/mol. The molecule has 2 aromatic rings. The predicted octanol–water partition coefficient (Wildman–Crippen LogP) is 7.07. The Morgan fingerprint density at radius 1 is 0.882 bits per heavy atom. The van der Waals surface area contributed by atoms with Crippen molar-refractivity contribution < 1.29 is 40.6 Å². The number of rotatable bonds is 8. The first-order valence-electron chi connectivity index (χ1n) is 11.1. The van der Waals surface area contributed by atoms with Crippen LogP contribution in [0, 0.1) is 5.92 Å². The van der Waals surface area contributed by atoms with E-state index >= 15 is 0 Å². The van der Waals surface area contributed by atoms with E-state index in [0.29, 0.717) is 31.6 Å². The van der Waals surface area contributed by atoms with E-state index in [1.165, 1.54) is 24.3 Å². The highest BCUT2D eigenvalue weighted by Crippen LogP contribution is 2.38. The second-order valence-corrected chi connectivity index (χ2v) is 8.86. The summed E-state index contributed by atoms with van der Waals surface area (Å²) in [6, 6.07) is 9.08. The first-order chi connectivity index (χ1) is 15.9. The largest absolute Gasteiger partial charge is 0.493 e. The Balaban J connectivity index is 1.58. The first kappa shape index (κ1) is 26.3. The Morgan fingerprint density at radius 2 is 1.53 bits per heavy atom. The second-order valence-electron chi connectivity index (χ2n) is 8.86. The standard InChI is InChI=1S/C25H28F6O3/c1-23(2)33-15-18(16-34-23)10-9-17-11-12-22(21(14-17)25(29,30)31)32-13-5-7-19-6-3-4-8-20(19)24(26,27)28/h3-4,6,8,11-12,14,18H,5,7,9-10,13,15-16H2,1-2H3. The van der Waals surface area contributed by atoms with Gasteiger partial charge in [-0.15, -0.1) is 0 Å². The van der Waals surface area contributed by atoms with Gasteiger partial charge >= 0.3 is 12.4 Å². The molecule has 9 heteroatoms. The molecule has 0 N–H and O–H groups in total. The van der Waals surface area contributed by atoms with Crippen molar-refractivity contribution in [2.24, 2.45) is 5.92 Å². The van der Waals surface area contributed by atoms with Gasteiger partial charge < -0.3 is 14.2 Å². The van der Waals surface area contributed by atoms with Gasteiger partial charge in [0.1, 0.15) is 5.75 Å². The minimum atomic E-state index is -4.62. The van der Waals surface area contributed by atoms with E-state index in [1.807, 2.05) is 13.8 Å². The van der Waals surface area contributed by atoms with Gasteiger partial charge in [-0.05, 0) is 68.9 Å². The Hall–Kier alpha value is -2.26. The summed E-state index contributed by atoms with van der Waals surface area (Å²) in [7, 11) is 0. The van der Waals surface area contributed by atoms with Crippen LogP contribution in [0.4, 0.5) is 26.3 Å². The molecule has 0 amide bonds. The molecule has 1 aliphatic rings. The topological polar surface area (TPSA) is 27.7 Å². The normalized spacial score (nSPS) is 17.1. The lowest BCUT2D eigenvalue weighted by atomic mass is 9.98. The van der Waals surface area contributed by atoms with Crippen LogP contribution >= 0.6 is 0 Å². The maximum Gasteiger partial charge on any atom is 0.419 e. The third-order valence-electron chi connectivity index (χ3n) is 5.69. The maximum atomic E-state index is 13.6. The molecule has 1 heterocycles. The van der Waals surface area contributed by atoms with Gasteiger partial charge in [0, 0.05) is 5.92 Å². The molecule has 1 aliphatic heterocycles. The van der Waals surface area contributed by atoms with Gasteiger partial charge in [0.15, 0.2) is 5.79 Å². The lowest BCUT2D eigenvalue weighted by Crippen LogP contribution is -2.39. The van der Waals surface area contributed by atoms with Crippen LogP contribution in [0.25, 0.3) is 0 Å². The van der Waals surface area contributed by atoms with Crippen LogP contribution in [0.3, 0.4) is 0 Å². The molecule has 0 aliphatic carbocycles. The van der Waals surface area contributed by atoms with Crippen molar-refractivity contribution in [1.82, 2.24) is 0 Å².